The Labute approximate surface area is 201 Å². The Morgan fingerprint density at radius 3 is 2.18 bits per heavy atom. The highest BCUT2D eigenvalue weighted by Gasteiger charge is 2.35. The molecule has 0 spiro atoms. The largest absolute Gasteiger partial charge is 0.326 e. The summed E-state index contributed by atoms with van der Waals surface area (Å²) in [7, 11) is -3.85. The lowest BCUT2D eigenvalue weighted by atomic mass is 10.1. The number of hydrogen-bond donors (Lipinski definition) is 1. The number of benzene rings is 2. The number of fused-ring (bicyclic) bond motifs is 2. The highest BCUT2D eigenvalue weighted by molar-refractivity contribution is 7.90. The minimum absolute atomic E-state index is 0. The van der Waals surface area contributed by atoms with Crippen LogP contribution in [0.1, 0.15) is 26.4 Å². The molecule has 34 heavy (non-hydrogen) atoms. The van der Waals surface area contributed by atoms with Crippen molar-refractivity contribution in [1.29, 1.82) is 0 Å². The summed E-state index contributed by atoms with van der Waals surface area (Å²) in [5, 5.41) is 4.64. The Bertz CT molecular complexity index is 1470. The first-order chi connectivity index (χ1) is 15.9. The number of carbonyl (C=O) groups excluding carboxylic acids is 2. The van der Waals surface area contributed by atoms with Crippen LogP contribution < -0.4 is 5.73 Å². The number of aromatic nitrogens is 3. The van der Waals surface area contributed by atoms with Crippen LogP contribution in [0.3, 0.4) is 0 Å². The van der Waals surface area contributed by atoms with Crippen molar-refractivity contribution >= 4 is 45.1 Å². The third kappa shape index (κ3) is 3.96. The third-order valence-corrected chi connectivity index (χ3v) is 7.13. The Morgan fingerprint density at radius 2 is 1.53 bits per heavy atom. The van der Waals surface area contributed by atoms with Crippen molar-refractivity contribution in [1.82, 2.24) is 19.1 Å². The van der Waals surface area contributed by atoms with Crippen LogP contribution >= 0.6 is 12.4 Å². The van der Waals surface area contributed by atoms with Gasteiger partial charge in [-0.1, -0.05) is 30.3 Å². The van der Waals surface area contributed by atoms with Crippen LogP contribution in [-0.4, -0.2) is 51.9 Å². The van der Waals surface area contributed by atoms with Crippen molar-refractivity contribution in [3.05, 3.63) is 89.9 Å². The maximum Gasteiger partial charge on any atom is 0.283 e. The van der Waals surface area contributed by atoms with Gasteiger partial charge in [0.25, 0.3) is 21.8 Å². The van der Waals surface area contributed by atoms with Crippen LogP contribution in [0.15, 0.2) is 78.0 Å². The average Bonchev–Trinajstić information content (AvgIpc) is 3.35. The van der Waals surface area contributed by atoms with Crippen molar-refractivity contribution in [3.63, 3.8) is 0 Å². The van der Waals surface area contributed by atoms with E-state index in [1.54, 1.807) is 48.5 Å². The molecular weight excluding hydrogens is 478 g/mol. The van der Waals surface area contributed by atoms with Crippen molar-refractivity contribution in [2.75, 3.05) is 6.54 Å². The van der Waals surface area contributed by atoms with Gasteiger partial charge >= 0.3 is 0 Å². The van der Waals surface area contributed by atoms with E-state index >= 15 is 0 Å². The zero-order valence-electron chi connectivity index (χ0n) is 17.7. The van der Waals surface area contributed by atoms with E-state index in [-0.39, 0.29) is 35.7 Å². The fraction of sp³-hybridized carbons (Fsp3) is 0.130. The molecule has 4 aromatic rings. The molecule has 0 bridgehead atoms. The smallest absolute Gasteiger partial charge is 0.283 e. The van der Waals surface area contributed by atoms with E-state index in [0.717, 1.165) is 8.99 Å². The monoisotopic (exact) mass is 497 g/mol. The molecule has 2 aromatic carbocycles. The summed E-state index contributed by atoms with van der Waals surface area (Å²) in [5.74, 6) is -0.719. The predicted molar refractivity (Wildman–Crippen MR) is 127 cm³/mol. The SMILES string of the molecule is Cl.N[C@@H](Cc1cc2cnn(S(=O)(=O)c3ccccc3)c2cn1)CN1C(=O)c2ccccc2C1=O. The second kappa shape index (κ2) is 8.98. The summed E-state index contributed by atoms with van der Waals surface area (Å²) >= 11 is 0. The molecule has 0 unspecified atom stereocenters. The number of halogens is 1. The van der Waals surface area contributed by atoms with Gasteiger partial charge in [0.2, 0.25) is 0 Å². The lowest BCUT2D eigenvalue weighted by molar-refractivity contribution is 0.0644. The maximum atomic E-state index is 12.9. The lowest BCUT2D eigenvalue weighted by Crippen LogP contribution is -2.42. The van der Waals surface area contributed by atoms with Crippen LogP contribution in [0.4, 0.5) is 0 Å². The first kappa shape index (κ1) is 23.6. The molecule has 2 aromatic heterocycles. The zero-order chi connectivity index (χ0) is 23.2. The molecule has 9 nitrogen and oxygen atoms in total. The van der Waals surface area contributed by atoms with E-state index in [2.05, 4.69) is 10.1 Å². The van der Waals surface area contributed by atoms with Crippen molar-refractivity contribution in [2.45, 2.75) is 17.4 Å². The Morgan fingerprint density at radius 1 is 0.912 bits per heavy atom. The summed E-state index contributed by atoms with van der Waals surface area (Å²) in [6.45, 7) is 0.0493. The van der Waals surface area contributed by atoms with Gasteiger partial charge in [-0.2, -0.15) is 17.6 Å². The van der Waals surface area contributed by atoms with Crippen molar-refractivity contribution < 1.29 is 18.0 Å². The van der Waals surface area contributed by atoms with Crippen molar-refractivity contribution in [3.8, 4) is 0 Å². The molecule has 3 heterocycles. The molecule has 1 aliphatic rings. The fourth-order valence-corrected chi connectivity index (χ4v) is 5.20. The van der Waals surface area contributed by atoms with Crippen LogP contribution in [0.5, 0.6) is 0 Å². The van der Waals surface area contributed by atoms with Gasteiger partial charge in [0, 0.05) is 30.1 Å². The summed E-state index contributed by atoms with van der Waals surface area (Å²) in [6, 6.07) is 15.9. The normalized spacial score (nSPS) is 14.2. The van der Waals surface area contributed by atoms with Crippen LogP contribution in [0.25, 0.3) is 10.9 Å². The number of nitrogens with two attached hydrogens (primary N) is 1. The molecule has 2 N–H and O–H groups in total. The summed E-state index contributed by atoms with van der Waals surface area (Å²) in [6.07, 6.45) is 3.18. The Kier molecular flexibility index (Phi) is 6.22. The number of hydrogen-bond acceptors (Lipinski definition) is 7. The standard InChI is InChI=1S/C23H19N5O4S.ClH/c24-16(14-27-22(29)19-8-4-5-9-20(19)23(27)30)11-17-10-15-12-26-28(21(15)13-25-17)33(31,32)18-6-2-1-3-7-18;/h1-10,12-13,16H,11,14,24H2;1H/t16-;/m0./s1. The van der Waals surface area contributed by atoms with Gasteiger partial charge in [-0.25, -0.2) is 0 Å². The number of imide groups is 1. The lowest BCUT2D eigenvalue weighted by Gasteiger charge is -2.19. The number of pyridine rings is 1. The Balaban J connectivity index is 0.00000274. The number of rotatable bonds is 6. The van der Waals surface area contributed by atoms with Gasteiger partial charge in [-0.3, -0.25) is 19.5 Å². The predicted octanol–water partition coefficient (Wildman–Crippen LogP) is 2.26. The van der Waals surface area contributed by atoms with E-state index in [1.165, 1.54) is 24.5 Å². The van der Waals surface area contributed by atoms with Crippen LogP contribution in [0, 0.1) is 0 Å². The van der Waals surface area contributed by atoms with E-state index < -0.39 is 16.1 Å². The molecule has 0 saturated carbocycles. The topological polar surface area (TPSA) is 128 Å². The Hall–Kier alpha value is -3.60. The minimum atomic E-state index is -3.85. The van der Waals surface area contributed by atoms with E-state index in [9.17, 15) is 18.0 Å². The van der Waals surface area contributed by atoms with E-state index in [4.69, 9.17) is 5.73 Å². The molecule has 0 radical (unpaired) electrons. The molecule has 0 fully saturated rings. The quantitative estimate of drug-likeness (QED) is 0.404. The summed E-state index contributed by atoms with van der Waals surface area (Å²) in [5.41, 5.74) is 7.93. The van der Waals surface area contributed by atoms with Gasteiger partial charge in [0.05, 0.1) is 28.4 Å². The number of nitrogens with zero attached hydrogens (tertiary/aromatic N) is 4. The second-order valence-electron chi connectivity index (χ2n) is 7.77. The van der Waals surface area contributed by atoms with Crippen LogP contribution in [-0.2, 0) is 16.4 Å². The molecule has 1 atom stereocenters. The molecule has 0 saturated heterocycles. The van der Waals surface area contributed by atoms with E-state index in [1.807, 2.05) is 0 Å². The average molecular weight is 498 g/mol. The molecular formula is C23H20ClN5O4S. The minimum Gasteiger partial charge on any atom is -0.326 e. The molecule has 1 aliphatic heterocycles. The first-order valence-electron chi connectivity index (χ1n) is 10.2. The number of amides is 2. The van der Waals surface area contributed by atoms with E-state index in [0.29, 0.717) is 34.1 Å². The van der Waals surface area contributed by atoms with Gasteiger partial charge in [-0.05, 0) is 30.3 Å². The molecule has 2 amide bonds. The number of carbonyl (C=O) groups is 2. The second-order valence-corrected chi connectivity index (χ2v) is 9.54. The van der Waals surface area contributed by atoms with Crippen LogP contribution in [0.2, 0.25) is 0 Å². The zero-order valence-corrected chi connectivity index (χ0v) is 19.4. The highest BCUT2D eigenvalue weighted by Crippen LogP contribution is 2.23. The first-order valence-corrected chi connectivity index (χ1v) is 11.6. The summed E-state index contributed by atoms with van der Waals surface area (Å²) < 4.78 is 26.8. The fourth-order valence-electron chi connectivity index (χ4n) is 3.92. The van der Waals surface area contributed by atoms with Gasteiger partial charge in [0.15, 0.2) is 0 Å². The third-order valence-electron chi connectivity index (χ3n) is 5.51. The van der Waals surface area contributed by atoms with Crippen molar-refractivity contribution in [2.24, 2.45) is 5.73 Å². The summed E-state index contributed by atoms with van der Waals surface area (Å²) in [4.78, 5) is 30.7. The molecule has 0 aliphatic carbocycles. The highest BCUT2D eigenvalue weighted by atomic mass is 35.5. The molecule has 174 valence electrons. The van der Waals surface area contributed by atoms with Gasteiger partial charge < -0.3 is 5.73 Å². The maximum absolute atomic E-state index is 12.9. The molecule has 11 heteroatoms. The van der Waals surface area contributed by atoms with Gasteiger partial charge in [0.1, 0.15) is 5.52 Å². The van der Waals surface area contributed by atoms with Gasteiger partial charge in [-0.15, -0.1) is 12.4 Å². The molecule has 5 rings (SSSR count).